The molecule has 0 aliphatic rings. The third-order valence-electron chi connectivity index (χ3n) is 2.37. The molecule has 0 saturated carbocycles. The predicted octanol–water partition coefficient (Wildman–Crippen LogP) is 0.286. The van der Waals surface area contributed by atoms with E-state index in [1.807, 2.05) is 0 Å². The molecule has 0 radical (unpaired) electrons. The summed E-state index contributed by atoms with van der Waals surface area (Å²) in [6, 6.07) is -1.09. The van der Waals surface area contributed by atoms with E-state index >= 15 is 0 Å². The van der Waals surface area contributed by atoms with Gasteiger partial charge >= 0.3 is 5.97 Å². The molecular weight excluding hydrogens is 226 g/mol. The Balaban J connectivity index is 2.58. The van der Waals surface area contributed by atoms with Crippen molar-refractivity contribution in [3.05, 3.63) is 18.4 Å². The van der Waals surface area contributed by atoms with E-state index < -0.39 is 12.0 Å². The second kappa shape index (κ2) is 6.57. The number of rotatable bonds is 7. The predicted molar refractivity (Wildman–Crippen MR) is 57.1 cm³/mol. The molecule has 17 heavy (non-hydrogen) atoms. The van der Waals surface area contributed by atoms with Crippen molar-refractivity contribution in [2.45, 2.75) is 24.8 Å². The monoisotopic (exact) mass is 239 g/mol. The van der Waals surface area contributed by atoms with E-state index in [0.717, 1.165) is 0 Å². The summed E-state index contributed by atoms with van der Waals surface area (Å²) in [6.45, 7) is 0.289. The molecule has 1 aromatic heterocycles. The molecule has 0 spiro atoms. The van der Waals surface area contributed by atoms with Crippen LogP contribution in [0.3, 0.4) is 0 Å². The maximum Gasteiger partial charge on any atom is 0.329 e. The first kappa shape index (κ1) is 13.1. The van der Waals surface area contributed by atoms with Crippen LogP contribution in [0.5, 0.6) is 0 Å². The van der Waals surface area contributed by atoms with E-state index in [9.17, 15) is 9.59 Å². The molecule has 0 bridgehead atoms. The number of aromatic nitrogens is 1. The summed E-state index contributed by atoms with van der Waals surface area (Å²) in [5.41, 5.74) is 5.54. The van der Waals surface area contributed by atoms with Gasteiger partial charge in [-0.3, -0.25) is 0 Å². The fraction of sp³-hybridized carbons (Fsp3) is 0.500. The molecule has 7 nitrogen and oxygen atoms in total. The molecule has 0 aromatic carbocycles. The number of nitrogens with zero attached hydrogens (tertiary/aromatic N) is 2. The Bertz CT molecular complexity index is 396. The van der Waals surface area contributed by atoms with Gasteiger partial charge in [0.25, 0.3) is 0 Å². The van der Waals surface area contributed by atoms with Crippen LogP contribution in [0.4, 0.5) is 0 Å². The highest BCUT2D eigenvalue weighted by Crippen LogP contribution is 2.20. The number of hydrogen-bond acceptors (Lipinski definition) is 6. The number of isocyanates is 1. The molecule has 2 atom stereocenters. The van der Waals surface area contributed by atoms with Gasteiger partial charge in [-0.1, -0.05) is 0 Å². The van der Waals surface area contributed by atoms with Crippen molar-refractivity contribution >= 4 is 12.0 Å². The summed E-state index contributed by atoms with van der Waals surface area (Å²) < 4.78 is 5.09. The molecule has 0 amide bonds. The fourth-order valence-corrected chi connectivity index (χ4v) is 1.44. The molecule has 1 aromatic rings. The Kier molecular flexibility index (Phi) is 5.06. The number of oxazole rings is 1. The van der Waals surface area contributed by atoms with E-state index in [2.05, 4.69) is 9.98 Å². The zero-order valence-corrected chi connectivity index (χ0v) is 9.07. The van der Waals surface area contributed by atoms with Gasteiger partial charge in [-0.2, -0.15) is 4.99 Å². The molecule has 7 heteroatoms. The Hall–Kier alpha value is -1.98. The number of aliphatic imine (C=N–C) groups is 1. The van der Waals surface area contributed by atoms with Crippen LogP contribution >= 0.6 is 0 Å². The zero-order valence-electron chi connectivity index (χ0n) is 9.07. The zero-order chi connectivity index (χ0) is 12.7. The van der Waals surface area contributed by atoms with Gasteiger partial charge in [0.1, 0.15) is 6.26 Å². The first-order chi connectivity index (χ1) is 8.19. The lowest BCUT2D eigenvalue weighted by Gasteiger charge is -2.11. The number of carbonyl (C=O) groups excluding carboxylic acids is 1. The van der Waals surface area contributed by atoms with Crippen LogP contribution in [0.2, 0.25) is 0 Å². The first-order valence-corrected chi connectivity index (χ1v) is 5.08. The summed E-state index contributed by atoms with van der Waals surface area (Å²) in [7, 11) is 0. The van der Waals surface area contributed by atoms with Gasteiger partial charge in [0, 0.05) is 12.5 Å². The SMILES string of the molecule is NCC(CCC(N=C=O)C(=O)O)c1ncco1. The van der Waals surface area contributed by atoms with Crippen LogP contribution in [-0.4, -0.2) is 34.7 Å². The van der Waals surface area contributed by atoms with Gasteiger partial charge in [-0.25, -0.2) is 14.6 Å². The smallest absolute Gasteiger partial charge is 0.329 e. The summed E-state index contributed by atoms with van der Waals surface area (Å²) in [5, 5.41) is 8.78. The molecular formula is C10H13N3O4. The molecule has 92 valence electrons. The van der Waals surface area contributed by atoms with Crippen LogP contribution in [-0.2, 0) is 9.59 Å². The maximum atomic E-state index is 10.7. The Morgan fingerprint density at radius 1 is 1.65 bits per heavy atom. The van der Waals surface area contributed by atoms with Crippen molar-refractivity contribution in [1.29, 1.82) is 0 Å². The lowest BCUT2D eigenvalue weighted by molar-refractivity contribution is -0.138. The van der Waals surface area contributed by atoms with Gasteiger partial charge in [0.05, 0.1) is 6.20 Å². The number of carbonyl (C=O) groups is 1. The summed E-state index contributed by atoms with van der Waals surface area (Å²) in [5.74, 6) is -0.864. The third kappa shape index (κ3) is 3.82. The molecule has 1 heterocycles. The normalized spacial score (nSPS) is 13.7. The van der Waals surface area contributed by atoms with Crippen molar-refractivity contribution < 1.29 is 19.1 Å². The highest BCUT2D eigenvalue weighted by Gasteiger charge is 2.21. The van der Waals surface area contributed by atoms with E-state index in [1.165, 1.54) is 18.5 Å². The van der Waals surface area contributed by atoms with Crippen LogP contribution in [0.15, 0.2) is 21.9 Å². The Morgan fingerprint density at radius 2 is 2.41 bits per heavy atom. The Labute approximate surface area is 97.4 Å². The molecule has 0 fully saturated rings. The second-order valence-corrected chi connectivity index (χ2v) is 3.45. The number of hydrogen-bond donors (Lipinski definition) is 2. The minimum Gasteiger partial charge on any atom is -0.480 e. The van der Waals surface area contributed by atoms with E-state index in [4.69, 9.17) is 15.3 Å². The third-order valence-corrected chi connectivity index (χ3v) is 2.37. The van der Waals surface area contributed by atoms with Crippen LogP contribution in [0.1, 0.15) is 24.7 Å². The average molecular weight is 239 g/mol. The lowest BCUT2D eigenvalue weighted by Crippen LogP contribution is -2.21. The van der Waals surface area contributed by atoms with Crippen LogP contribution < -0.4 is 5.73 Å². The fourth-order valence-electron chi connectivity index (χ4n) is 1.44. The molecule has 3 N–H and O–H groups in total. The van der Waals surface area contributed by atoms with Gasteiger partial charge in [0.15, 0.2) is 11.9 Å². The number of aliphatic carboxylic acids is 1. The van der Waals surface area contributed by atoms with Crippen molar-refractivity contribution in [1.82, 2.24) is 4.98 Å². The number of nitrogens with two attached hydrogens (primary N) is 1. The molecule has 2 unspecified atom stereocenters. The average Bonchev–Trinajstić information content (AvgIpc) is 2.82. The minimum atomic E-state index is -1.16. The van der Waals surface area contributed by atoms with E-state index in [0.29, 0.717) is 12.3 Å². The Morgan fingerprint density at radius 3 is 2.88 bits per heavy atom. The van der Waals surface area contributed by atoms with Crippen molar-refractivity contribution in [3.63, 3.8) is 0 Å². The quantitative estimate of drug-likeness (QED) is 0.521. The van der Waals surface area contributed by atoms with Crippen molar-refractivity contribution in [3.8, 4) is 0 Å². The first-order valence-electron chi connectivity index (χ1n) is 5.08. The second-order valence-electron chi connectivity index (χ2n) is 3.45. The van der Waals surface area contributed by atoms with Crippen LogP contribution in [0, 0.1) is 0 Å². The summed E-state index contributed by atoms with van der Waals surface area (Å²) in [4.78, 5) is 28.0. The highest BCUT2D eigenvalue weighted by molar-refractivity contribution is 5.74. The number of carboxylic acids is 1. The minimum absolute atomic E-state index is 0.172. The van der Waals surface area contributed by atoms with Gasteiger partial charge < -0.3 is 15.3 Å². The van der Waals surface area contributed by atoms with Gasteiger partial charge in [0.2, 0.25) is 6.08 Å². The van der Waals surface area contributed by atoms with Crippen molar-refractivity contribution in [2.24, 2.45) is 10.7 Å². The van der Waals surface area contributed by atoms with Gasteiger partial charge in [-0.05, 0) is 12.8 Å². The van der Waals surface area contributed by atoms with Crippen LogP contribution in [0.25, 0.3) is 0 Å². The molecule has 0 saturated heterocycles. The lowest BCUT2D eigenvalue weighted by atomic mass is 10.00. The topological polar surface area (TPSA) is 119 Å². The molecule has 0 aliphatic carbocycles. The molecule has 0 aliphatic heterocycles. The summed E-state index contributed by atoms with van der Waals surface area (Å²) >= 11 is 0. The maximum absolute atomic E-state index is 10.7. The van der Waals surface area contributed by atoms with E-state index in [-0.39, 0.29) is 18.9 Å². The van der Waals surface area contributed by atoms with Gasteiger partial charge in [-0.15, -0.1) is 0 Å². The standard InChI is InChI=1S/C10H13N3O4/c11-5-7(9-12-3-4-17-9)1-2-8(10(15)16)13-6-14/h3-4,7-8H,1-2,5,11H2,(H,15,16). The van der Waals surface area contributed by atoms with Crippen molar-refractivity contribution in [2.75, 3.05) is 6.54 Å². The summed E-state index contributed by atoms with van der Waals surface area (Å²) in [6.07, 6.45) is 4.79. The number of carboxylic acid groups (broad SMARTS) is 1. The highest BCUT2D eigenvalue weighted by atomic mass is 16.4. The molecule has 1 rings (SSSR count). The van der Waals surface area contributed by atoms with E-state index in [1.54, 1.807) is 0 Å². The largest absolute Gasteiger partial charge is 0.480 e.